The first-order valence-corrected chi connectivity index (χ1v) is 4.03. The van der Waals surface area contributed by atoms with Gasteiger partial charge in [0, 0.05) is 18.2 Å². The molecule has 1 N–H and O–H groups in total. The molecule has 0 spiro atoms. The van der Waals surface area contributed by atoms with Crippen LogP contribution < -0.4 is 5.32 Å². The van der Waals surface area contributed by atoms with Crippen molar-refractivity contribution in [2.75, 3.05) is 7.05 Å². The van der Waals surface area contributed by atoms with Gasteiger partial charge in [0.1, 0.15) is 0 Å². The highest BCUT2D eigenvalue weighted by atomic mass is 35.5. The fourth-order valence-electron chi connectivity index (χ4n) is 0.908. The van der Waals surface area contributed by atoms with E-state index < -0.39 is 0 Å². The van der Waals surface area contributed by atoms with Crippen molar-refractivity contribution in [2.24, 2.45) is 0 Å². The summed E-state index contributed by atoms with van der Waals surface area (Å²) in [6.45, 7) is 0. The van der Waals surface area contributed by atoms with Crippen LogP contribution in [0, 0.1) is 0 Å². The minimum absolute atomic E-state index is 0.223. The summed E-state index contributed by atoms with van der Waals surface area (Å²) in [7, 11) is 1.53. The van der Waals surface area contributed by atoms with E-state index in [2.05, 4.69) is 5.32 Å². The monoisotopic (exact) mass is 197 g/mol. The molecule has 0 aliphatic carbocycles. The number of aldehydes is 1. The van der Waals surface area contributed by atoms with E-state index in [1.165, 1.54) is 19.2 Å². The Bertz CT molecular complexity index is 349. The van der Waals surface area contributed by atoms with E-state index in [4.69, 9.17) is 11.6 Å². The van der Waals surface area contributed by atoms with Crippen LogP contribution in [0.15, 0.2) is 18.2 Å². The Morgan fingerprint density at radius 1 is 1.54 bits per heavy atom. The Morgan fingerprint density at radius 3 is 2.69 bits per heavy atom. The molecule has 0 aromatic heterocycles. The number of benzene rings is 1. The van der Waals surface area contributed by atoms with Crippen molar-refractivity contribution in [1.29, 1.82) is 0 Å². The third kappa shape index (κ3) is 2.06. The highest BCUT2D eigenvalue weighted by Gasteiger charge is 2.05. The number of hydrogen-bond donors (Lipinski definition) is 1. The van der Waals surface area contributed by atoms with Crippen LogP contribution >= 0.6 is 11.6 Å². The molecule has 0 heterocycles. The highest BCUT2D eigenvalue weighted by Crippen LogP contribution is 2.15. The van der Waals surface area contributed by atoms with Crippen molar-refractivity contribution >= 4 is 23.8 Å². The molecule has 1 rings (SSSR count). The third-order valence-corrected chi connectivity index (χ3v) is 1.94. The number of rotatable bonds is 2. The molecule has 13 heavy (non-hydrogen) atoms. The molecule has 0 saturated carbocycles. The number of halogens is 1. The SMILES string of the molecule is CNC(=O)c1ccc(C=O)c(Cl)c1. The standard InChI is InChI=1S/C9H8ClNO2/c1-11-9(13)6-2-3-7(5-12)8(10)4-6/h2-5H,1H3,(H,11,13). The van der Waals surface area contributed by atoms with E-state index >= 15 is 0 Å². The van der Waals surface area contributed by atoms with Gasteiger partial charge >= 0.3 is 0 Å². The van der Waals surface area contributed by atoms with Gasteiger partial charge in [0.15, 0.2) is 6.29 Å². The summed E-state index contributed by atoms with van der Waals surface area (Å²) in [6.07, 6.45) is 0.649. The normalized spacial score (nSPS) is 9.38. The van der Waals surface area contributed by atoms with Crippen LogP contribution in [0.3, 0.4) is 0 Å². The van der Waals surface area contributed by atoms with Crippen LogP contribution in [-0.2, 0) is 0 Å². The second-order valence-corrected chi connectivity index (χ2v) is 2.84. The van der Waals surface area contributed by atoms with Crippen molar-refractivity contribution in [3.63, 3.8) is 0 Å². The van der Waals surface area contributed by atoms with E-state index in [1.54, 1.807) is 6.07 Å². The fourth-order valence-corrected chi connectivity index (χ4v) is 1.13. The second kappa shape index (κ2) is 4.05. The maximum atomic E-state index is 11.1. The molecular weight excluding hydrogens is 190 g/mol. The Morgan fingerprint density at radius 2 is 2.23 bits per heavy atom. The molecule has 1 aromatic carbocycles. The Hall–Kier alpha value is -1.35. The van der Waals surface area contributed by atoms with E-state index in [0.717, 1.165) is 0 Å². The van der Waals surface area contributed by atoms with E-state index in [-0.39, 0.29) is 10.9 Å². The van der Waals surface area contributed by atoms with Crippen molar-refractivity contribution in [1.82, 2.24) is 5.32 Å². The van der Waals surface area contributed by atoms with Gasteiger partial charge in [0.2, 0.25) is 0 Å². The molecule has 1 amide bonds. The average Bonchev–Trinajstić information content (AvgIpc) is 2.16. The molecular formula is C9H8ClNO2. The van der Waals surface area contributed by atoms with Crippen molar-refractivity contribution in [2.45, 2.75) is 0 Å². The summed E-state index contributed by atoms with van der Waals surface area (Å²) in [5, 5.41) is 2.75. The van der Waals surface area contributed by atoms with Gasteiger partial charge in [-0.3, -0.25) is 9.59 Å². The lowest BCUT2D eigenvalue weighted by Crippen LogP contribution is -2.17. The molecule has 1 aromatic rings. The van der Waals surface area contributed by atoms with Crippen molar-refractivity contribution < 1.29 is 9.59 Å². The Labute approximate surface area is 80.7 Å². The average molecular weight is 198 g/mol. The van der Waals surface area contributed by atoms with Gasteiger partial charge in [-0.25, -0.2) is 0 Å². The number of hydrogen-bond acceptors (Lipinski definition) is 2. The predicted octanol–water partition coefficient (Wildman–Crippen LogP) is 1.51. The lowest BCUT2D eigenvalue weighted by atomic mass is 10.1. The topological polar surface area (TPSA) is 46.2 Å². The fraction of sp³-hybridized carbons (Fsp3) is 0.111. The van der Waals surface area contributed by atoms with Gasteiger partial charge in [-0.1, -0.05) is 11.6 Å². The van der Waals surface area contributed by atoms with E-state index in [0.29, 0.717) is 17.4 Å². The maximum Gasteiger partial charge on any atom is 0.251 e. The minimum atomic E-state index is -0.223. The lowest BCUT2D eigenvalue weighted by molar-refractivity contribution is 0.0962. The first-order valence-electron chi connectivity index (χ1n) is 3.66. The minimum Gasteiger partial charge on any atom is -0.355 e. The van der Waals surface area contributed by atoms with Crippen molar-refractivity contribution in [3.05, 3.63) is 34.3 Å². The summed E-state index contributed by atoms with van der Waals surface area (Å²) < 4.78 is 0. The molecule has 0 aliphatic heterocycles. The molecule has 68 valence electrons. The number of carbonyl (C=O) groups is 2. The molecule has 3 nitrogen and oxygen atoms in total. The maximum absolute atomic E-state index is 11.1. The molecule has 0 fully saturated rings. The van der Waals surface area contributed by atoms with Gasteiger partial charge in [-0.05, 0) is 18.2 Å². The Kier molecular flexibility index (Phi) is 3.03. The summed E-state index contributed by atoms with van der Waals surface area (Å²) in [4.78, 5) is 21.5. The summed E-state index contributed by atoms with van der Waals surface area (Å²) >= 11 is 5.72. The molecule has 4 heteroatoms. The molecule has 0 atom stereocenters. The zero-order valence-electron chi connectivity index (χ0n) is 7.00. The van der Waals surface area contributed by atoms with Crippen LogP contribution in [0.5, 0.6) is 0 Å². The van der Waals surface area contributed by atoms with Crippen LogP contribution in [0.4, 0.5) is 0 Å². The predicted molar refractivity (Wildman–Crippen MR) is 50.2 cm³/mol. The quantitative estimate of drug-likeness (QED) is 0.731. The largest absolute Gasteiger partial charge is 0.355 e. The van der Waals surface area contributed by atoms with Gasteiger partial charge in [-0.2, -0.15) is 0 Å². The van der Waals surface area contributed by atoms with Crippen LogP contribution in [0.1, 0.15) is 20.7 Å². The van der Waals surface area contributed by atoms with Crippen LogP contribution in [0.2, 0.25) is 5.02 Å². The zero-order valence-corrected chi connectivity index (χ0v) is 7.76. The molecule has 0 radical (unpaired) electrons. The van der Waals surface area contributed by atoms with Gasteiger partial charge in [0.05, 0.1) is 5.02 Å². The first-order chi connectivity index (χ1) is 6.19. The molecule has 0 unspecified atom stereocenters. The lowest BCUT2D eigenvalue weighted by Gasteiger charge is -2.01. The summed E-state index contributed by atoms with van der Waals surface area (Å²) in [6, 6.07) is 4.53. The zero-order chi connectivity index (χ0) is 9.84. The summed E-state index contributed by atoms with van der Waals surface area (Å²) in [5.74, 6) is -0.223. The first kappa shape index (κ1) is 9.74. The third-order valence-electron chi connectivity index (χ3n) is 1.62. The molecule has 0 saturated heterocycles. The van der Waals surface area contributed by atoms with Crippen LogP contribution in [-0.4, -0.2) is 19.2 Å². The van der Waals surface area contributed by atoms with E-state index in [9.17, 15) is 9.59 Å². The van der Waals surface area contributed by atoms with Crippen LogP contribution in [0.25, 0.3) is 0 Å². The number of carbonyl (C=O) groups excluding carboxylic acids is 2. The number of amides is 1. The number of nitrogens with one attached hydrogen (secondary N) is 1. The second-order valence-electron chi connectivity index (χ2n) is 2.43. The Balaban J connectivity index is 3.09. The summed E-state index contributed by atoms with van der Waals surface area (Å²) in [5.41, 5.74) is 0.826. The molecule has 0 aliphatic rings. The highest BCUT2D eigenvalue weighted by molar-refractivity contribution is 6.33. The van der Waals surface area contributed by atoms with E-state index in [1.807, 2.05) is 0 Å². The van der Waals surface area contributed by atoms with Gasteiger partial charge in [0.25, 0.3) is 5.91 Å². The van der Waals surface area contributed by atoms with Gasteiger partial charge < -0.3 is 5.32 Å². The molecule has 0 bridgehead atoms. The van der Waals surface area contributed by atoms with Crippen molar-refractivity contribution in [3.8, 4) is 0 Å². The smallest absolute Gasteiger partial charge is 0.251 e. The van der Waals surface area contributed by atoms with Gasteiger partial charge in [-0.15, -0.1) is 0 Å².